The third kappa shape index (κ3) is 3.65. The topological polar surface area (TPSA) is 62.2 Å². The molecule has 0 bridgehead atoms. The van der Waals surface area contributed by atoms with Crippen molar-refractivity contribution in [1.82, 2.24) is 20.4 Å². The minimum Gasteiger partial charge on any atom is -0.377 e. The summed E-state index contributed by atoms with van der Waals surface area (Å²) in [5.74, 6) is -0.0657. The van der Waals surface area contributed by atoms with Crippen molar-refractivity contribution in [3.8, 4) is 0 Å². The van der Waals surface area contributed by atoms with Gasteiger partial charge < -0.3 is 15.5 Å². The van der Waals surface area contributed by atoms with Crippen LogP contribution in [0.25, 0.3) is 0 Å². The highest BCUT2D eigenvalue weighted by atomic mass is 16.2. The number of aromatic nitrogens is 2. The van der Waals surface area contributed by atoms with Crippen molar-refractivity contribution < 1.29 is 4.79 Å². The van der Waals surface area contributed by atoms with E-state index in [0.717, 1.165) is 16.8 Å². The Kier molecular flexibility index (Phi) is 5.16. The Labute approximate surface area is 131 Å². The van der Waals surface area contributed by atoms with E-state index in [0.29, 0.717) is 6.54 Å². The lowest BCUT2D eigenvalue weighted by Crippen LogP contribution is -2.35. The van der Waals surface area contributed by atoms with Gasteiger partial charge in [-0.25, -0.2) is 0 Å². The SMILES string of the molecule is CNC(C(=O)NCc1ccccc1N(C)C)c1cnn(C)c1. The summed E-state index contributed by atoms with van der Waals surface area (Å²) < 4.78 is 1.69. The average molecular weight is 301 g/mol. The molecule has 0 radical (unpaired) electrons. The number of para-hydroxylation sites is 1. The number of nitrogens with one attached hydrogen (secondary N) is 2. The smallest absolute Gasteiger partial charge is 0.242 e. The first kappa shape index (κ1) is 16.0. The highest BCUT2D eigenvalue weighted by molar-refractivity contribution is 5.83. The zero-order chi connectivity index (χ0) is 16.1. The molecule has 6 nitrogen and oxygen atoms in total. The summed E-state index contributed by atoms with van der Waals surface area (Å²) in [4.78, 5) is 14.5. The maximum Gasteiger partial charge on any atom is 0.242 e. The highest BCUT2D eigenvalue weighted by Crippen LogP contribution is 2.18. The number of amides is 1. The van der Waals surface area contributed by atoms with Crippen LogP contribution in [-0.4, -0.2) is 36.8 Å². The molecule has 1 aromatic carbocycles. The van der Waals surface area contributed by atoms with Crippen molar-refractivity contribution in [1.29, 1.82) is 0 Å². The monoisotopic (exact) mass is 301 g/mol. The summed E-state index contributed by atoms with van der Waals surface area (Å²) in [7, 11) is 7.59. The standard InChI is InChI=1S/C16H23N5O/c1-17-15(13-10-19-21(4)11-13)16(22)18-9-12-7-5-6-8-14(12)20(2)3/h5-8,10-11,15,17H,9H2,1-4H3,(H,18,22). The first-order valence-electron chi connectivity index (χ1n) is 7.21. The first-order chi connectivity index (χ1) is 10.5. The summed E-state index contributed by atoms with van der Waals surface area (Å²) in [5, 5.41) is 10.1. The van der Waals surface area contributed by atoms with Crippen LogP contribution >= 0.6 is 0 Å². The van der Waals surface area contributed by atoms with Gasteiger partial charge in [-0.3, -0.25) is 9.48 Å². The molecule has 1 atom stereocenters. The number of hydrogen-bond acceptors (Lipinski definition) is 4. The normalized spacial score (nSPS) is 12.0. The number of rotatable bonds is 6. The summed E-state index contributed by atoms with van der Waals surface area (Å²) in [6.45, 7) is 0.492. The molecule has 2 aromatic rings. The van der Waals surface area contributed by atoms with Gasteiger partial charge in [0, 0.05) is 45.1 Å². The van der Waals surface area contributed by atoms with Crippen LogP contribution in [-0.2, 0) is 18.4 Å². The van der Waals surface area contributed by atoms with E-state index in [9.17, 15) is 4.79 Å². The van der Waals surface area contributed by atoms with E-state index in [-0.39, 0.29) is 5.91 Å². The van der Waals surface area contributed by atoms with Gasteiger partial charge >= 0.3 is 0 Å². The van der Waals surface area contributed by atoms with Crippen LogP contribution in [0.3, 0.4) is 0 Å². The predicted octanol–water partition coefficient (Wildman–Crippen LogP) is 1.06. The second-order valence-corrected chi connectivity index (χ2v) is 5.41. The van der Waals surface area contributed by atoms with Gasteiger partial charge in [-0.2, -0.15) is 5.10 Å². The molecule has 1 aromatic heterocycles. The Morgan fingerprint density at radius 1 is 1.36 bits per heavy atom. The summed E-state index contributed by atoms with van der Waals surface area (Å²) >= 11 is 0. The highest BCUT2D eigenvalue weighted by Gasteiger charge is 2.20. The molecule has 0 saturated carbocycles. The average Bonchev–Trinajstić information content (AvgIpc) is 2.92. The molecule has 2 N–H and O–H groups in total. The Bertz CT molecular complexity index is 635. The van der Waals surface area contributed by atoms with Crippen molar-refractivity contribution in [3.05, 3.63) is 47.8 Å². The van der Waals surface area contributed by atoms with Crippen LogP contribution in [0.15, 0.2) is 36.7 Å². The van der Waals surface area contributed by atoms with Gasteiger partial charge in [-0.05, 0) is 18.7 Å². The molecule has 0 saturated heterocycles. The number of carbonyl (C=O) groups excluding carboxylic acids is 1. The lowest BCUT2D eigenvalue weighted by Gasteiger charge is -2.19. The minimum absolute atomic E-state index is 0.0657. The third-order valence-electron chi connectivity index (χ3n) is 3.54. The number of hydrogen-bond donors (Lipinski definition) is 2. The molecule has 0 fully saturated rings. The van der Waals surface area contributed by atoms with E-state index < -0.39 is 6.04 Å². The quantitative estimate of drug-likeness (QED) is 0.837. The van der Waals surface area contributed by atoms with E-state index in [2.05, 4.69) is 15.7 Å². The van der Waals surface area contributed by atoms with Crippen LogP contribution in [0, 0.1) is 0 Å². The Balaban J connectivity index is 2.06. The molecular weight excluding hydrogens is 278 g/mol. The zero-order valence-electron chi connectivity index (χ0n) is 13.5. The van der Waals surface area contributed by atoms with E-state index in [1.807, 2.05) is 56.5 Å². The van der Waals surface area contributed by atoms with Gasteiger partial charge in [0.05, 0.1) is 6.20 Å². The molecular formula is C16H23N5O. The third-order valence-corrected chi connectivity index (χ3v) is 3.54. The number of anilines is 1. The van der Waals surface area contributed by atoms with Crippen LogP contribution in [0.4, 0.5) is 5.69 Å². The minimum atomic E-state index is -0.403. The second-order valence-electron chi connectivity index (χ2n) is 5.41. The molecule has 118 valence electrons. The Morgan fingerprint density at radius 3 is 2.68 bits per heavy atom. The summed E-state index contributed by atoms with van der Waals surface area (Å²) in [6.07, 6.45) is 3.54. The van der Waals surface area contributed by atoms with E-state index in [1.54, 1.807) is 17.9 Å². The van der Waals surface area contributed by atoms with Crippen molar-refractivity contribution in [2.75, 3.05) is 26.0 Å². The molecule has 2 rings (SSSR count). The van der Waals surface area contributed by atoms with E-state index in [1.165, 1.54) is 0 Å². The Hall–Kier alpha value is -2.34. The largest absolute Gasteiger partial charge is 0.377 e. The van der Waals surface area contributed by atoms with E-state index in [4.69, 9.17) is 0 Å². The van der Waals surface area contributed by atoms with Gasteiger partial charge in [0.15, 0.2) is 0 Å². The van der Waals surface area contributed by atoms with Crippen LogP contribution < -0.4 is 15.5 Å². The number of aryl methyl sites for hydroxylation is 1. The first-order valence-corrected chi connectivity index (χ1v) is 7.21. The number of benzene rings is 1. The van der Waals surface area contributed by atoms with Crippen LogP contribution in [0.1, 0.15) is 17.2 Å². The predicted molar refractivity (Wildman–Crippen MR) is 87.6 cm³/mol. The molecule has 6 heteroatoms. The molecule has 0 aliphatic rings. The van der Waals surface area contributed by atoms with E-state index >= 15 is 0 Å². The van der Waals surface area contributed by atoms with Crippen LogP contribution in [0.2, 0.25) is 0 Å². The van der Waals surface area contributed by atoms with Crippen molar-refractivity contribution in [2.45, 2.75) is 12.6 Å². The maximum absolute atomic E-state index is 12.4. The Morgan fingerprint density at radius 2 is 2.09 bits per heavy atom. The fourth-order valence-corrected chi connectivity index (χ4v) is 2.42. The van der Waals surface area contributed by atoms with Gasteiger partial charge in [0.25, 0.3) is 0 Å². The molecule has 1 unspecified atom stereocenters. The van der Waals surface area contributed by atoms with Crippen molar-refractivity contribution in [3.63, 3.8) is 0 Å². The van der Waals surface area contributed by atoms with Gasteiger partial charge in [0.1, 0.15) is 6.04 Å². The fourth-order valence-electron chi connectivity index (χ4n) is 2.42. The van der Waals surface area contributed by atoms with Crippen LogP contribution in [0.5, 0.6) is 0 Å². The lowest BCUT2D eigenvalue weighted by atomic mass is 10.1. The molecule has 1 amide bonds. The summed E-state index contributed by atoms with van der Waals surface area (Å²) in [5.41, 5.74) is 3.04. The number of carbonyl (C=O) groups is 1. The zero-order valence-corrected chi connectivity index (χ0v) is 13.5. The fraction of sp³-hybridized carbons (Fsp3) is 0.375. The molecule has 0 spiro atoms. The van der Waals surface area contributed by atoms with Gasteiger partial charge in [0.2, 0.25) is 5.91 Å². The second kappa shape index (κ2) is 7.09. The van der Waals surface area contributed by atoms with Gasteiger partial charge in [-0.1, -0.05) is 18.2 Å². The van der Waals surface area contributed by atoms with Crippen molar-refractivity contribution >= 4 is 11.6 Å². The molecule has 0 aliphatic carbocycles. The summed E-state index contributed by atoms with van der Waals surface area (Å²) in [6, 6.07) is 7.63. The van der Waals surface area contributed by atoms with Crippen molar-refractivity contribution in [2.24, 2.45) is 7.05 Å². The lowest BCUT2D eigenvalue weighted by molar-refractivity contribution is -0.123. The maximum atomic E-state index is 12.4. The molecule has 22 heavy (non-hydrogen) atoms. The van der Waals surface area contributed by atoms with Gasteiger partial charge in [-0.15, -0.1) is 0 Å². The number of nitrogens with zero attached hydrogens (tertiary/aromatic N) is 3. The molecule has 0 aliphatic heterocycles. The molecule has 1 heterocycles. The number of likely N-dealkylation sites (N-methyl/N-ethyl adjacent to an activating group) is 1.